The number of carbonyl (C=O) groups is 2. The Bertz CT molecular complexity index is 859. The number of nitrogens with two attached hydrogens (primary N) is 1. The fourth-order valence-corrected chi connectivity index (χ4v) is 3.17. The number of amides is 3. The zero-order valence-electron chi connectivity index (χ0n) is 15.5. The number of primary amides is 1. The Morgan fingerprint density at radius 3 is 2.32 bits per heavy atom. The zero-order chi connectivity index (χ0) is 20.8. The van der Waals surface area contributed by atoms with Gasteiger partial charge in [-0.15, -0.1) is 0 Å². The van der Waals surface area contributed by atoms with E-state index in [4.69, 9.17) is 33.7 Å². The predicted molar refractivity (Wildman–Crippen MR) is 109 cm³/mol. The monoisotopic (exact) mass is 425 g/mol. The van der Waals surface area contributed by atoms with E-state index in [1.54, 1.807) is 43.5 Å². The minimum atomic E-state index is -0.726. The second-order valence-electron chi connectivity index (χ2n) is 6.01. The van der Waals surface area contributed by atoms with E-state index in [-0.39, 0.29) is 24.7 Å². The molecule has 150 valence electrons. The van der Waals surface area contributed by atoms with Crippen LogP contribution in [0.5, 0.6) is 5.75 Å². The van der Waals surface area contributed by atoms with E-state index in [2.05, 4.69) is 0 Å². The van der Waals surface area contributed by atoms with Crippen LogP contribution in [0.25, 0.3) is 0 Å². The van der Waals surface area contributed by atoms with Crippen LogP contribution in [0.1, 0.15) is 11.1 Å². The molecule has 28 heavy (non-hydrogen) atoms. The van der Waals surface area contributed by atoms with Gasteiger partial charge in [0, 0.05) is 24.2 Å². The normalized spacial score (nSPS) is 10.5. The maximum Gasteiger partial charge on any atom is 0.315 e. The molecule has 0 aliphatic carbocycles. The van der Waals surface area contributed by atoms with Crippen LogP contribution < -0.4 is 15.4 Å². The molecule has 3 N–H and O–H groups in total. The molecule has 0 spiro atoms. The number of nitrogens with zero attached hydrogens (tertiary/aromatic N) is 2. The first-order chi connectivity index (χ1) is 13.3. The van der Waals surface area contributed by atoms with E-state index < -0.39 is 11.9 Å². The van der Waals surface area contributed by atoms with Crippen LogP contribution >= 0.6 is 23.2 Å². The molecule has 0 saturated heterocycles. The molecule has 0 aliphatic heterocycles. The Labute approximate surface area is 173 Å². The second-order valence-corrected chi connectivity index (χ2v) is 6.80. The van der Waals surface area contributed by atoms with Crippen molar-refractivity contribution < 1.29 is 19.4 Å². The summed E-state index contributed by atoms with van der Waals surface area (Å²) in [6, 6.07) is 9.47. The third-order valence-electron chi connectivity index (χ3n) is 4.23. The van der Waals surface area contributed by atoms with Crippen LogP contribution in [-0.2, 0) is 17.9 Å². The summed E-state index contributed by atoms with van der Waals surface area (Å²) in [5.41, 5.74) is 6.93. The molecule has 9 heteroatoms. The van der Waals surface area contributed by atoms with E-state index in [0.717, 1.165) is 5.56 Å². The van der Waals surface area contributed by atoms with Crippen LogP contribution in [-0.4, -0.2) is 42.6 Å². The highest BCUT2D eigenvalue weighted by Crippen LogP contribution is 2.33. The fourth-order valence-electron chi connectivity index (χ4n) is 2.56. The Morgan fingerprint density at radius 1 is 1.14 bits per heavy atom. The number of rotatable bonds is 7. The van der Waals surface area contributed by atoms with Crippen LogP contribution in [0, 0.1) is 0 Å². The first-order valence-electron chi connectivity index (χ1n) is 8.30. The number of likely N-dealkylation sites (N-methyl/N-ethyl adjacent to an activating group) is 1. The molecule has 0 heterocycles. The fraction of sp³-hybridized carbons (Fsp3) is 0.263. The molecule has 2 aromatic rings. The summed E-state index contributed by atoms with van der Waals surface area (Å²) in [7, 11) is 3.08. The summed E-state index contributed by atoms with van der Waals surface area (Å²) < 4.78 is 5.10. The van der Waals surface area contributed by atoms with Crippen molar-refractivity contribution in [3.63, 3.8) is 0 Å². The Morgan fingerprint density at radius 2 is 1.79 bits per heavy atom. The average molecular weight is 426 g/mol. The number of methoxy groups -OCH3 is 1. The van der Waals surface area contributed by atoms with E-state index >= 15 is 0 Å². The molecule has 0 saturated carbocycles. The van der Waals surface area contributed by atoms with Crippen molar-refractivity contribution in [3.8, 4) is 5.75 Å². The minimum absolute atomic E-state index is 0.162. The standard InChI is InChI=1S/C19H21Cl2N3O4/c1-23(16-8-7-15(20)14(11-25)18(16)21)17(26)10-24(19(22)27)9-12-3-5-13(28-2)6-4-12/h3-8,25H,9-11H2,1-2H3,(H2,22,27). The molecule has 0 aliphatic rings. The molecule has 0 atom stereocenters. The summed E-state index contributed by atoms with van der Waals surface area (Å²) >= 11 is 12.3. The lowest BCUT2D eigenvalue weighted by atomic mass is 10.2. The molecule has 2 aromatic carbocycles. The van der Waals surface area contributed by atoms with Gasteiger partial charge in [-0.3, -0.25) is 4.79 Å². The molecular formula is C19H21Cl2N3O4. The largest absolute Gasteiger partial charge is 0.497 e. The smallest absolute Gasteiger partial charge is 0.315 e. The molecule has 0 fully saturated rings. The van der Waals surface area contributed by atoms with Gasteiger partial charge < -0.3 is 25.4 Å². The number of benzene rings is 2. The van der Waals surface area contributed by atoms with Crippen molar-refractivity contribution in [3.05, 3.63) is 57.6 Å². The van der Waals surface area contributed by atoms with Crippen molar-refractivity contribution in [2.75, 3.05) is 25.6 Å². The van der Waals surface area contributed by atoms with E-state index in [9.17, 15) is 14.7 Å². The van der Waals surface area contributed by atoms with Crippen molar-refractivity contribution in [2.45, 2.75) is 13.2 Å². The Kier molecular flexibility index (Phi) is 7.51. The third kappa shape index (κ3) is 5.07. The van der Waals surface area contributed by atoms with Gasteiger partial charge in [0.1, 0.15) is 12.3 Å². The quantitative estimate of drug-likeness (QED) is 0.712. The van der Waals surface area contributed by atoms with E-state index in [1.807, 2.05) is 0 Å². The van der Waals surface area contributed by atoms with Crippen LogP contribution in [0.4, 0.5) is 10.5 Å². The number of aliphatic hydroxyl groups is 1. The summed E-state index contributed by atoms with van der Waals surface area (Å²) in [6.07, 6.45) is 0. The number of hydrogen-bond acceptors (Lipinski definition) is 4. The average Bonchev–Trinajstić information content (AvgIpc) is 2.67. The number of carbonyl (C=O) groups excluding carboxylic acids is 2. The van der Waals surface area contributed by atoms with Gasteiger partial charge in [0.25, 0.3) is 0 Å². The van der Waals surface area contributed by atoms with E-state index in [1.165, 1.54) is 16.8 Å². The number of urea groups is 1. The van der Waals surface area contributed by atoms with Gasteiger partial charge in [0.05, 0.1) is 24.4 Å². The van der Waals surface area contributed by atoms with Crippen molar-refractivity contribution in [1.82, 2.24) is 4.90 Å². The van der Waals surface area contributed by atoms with Gasteiger partial charge in [0.2, 0.25) is 5.91 Å². The van der Waals surface area contributed by atoms with Gasteiger partial charge in [0.15, 0.2) is 0 Å². The topological polar surface area (TPSA) is 96.1 Å². The minimum Gasteiger partial charge on any atom is -0.497 e. The number of anilines is 1. The van der Waals surface area contributed by atoms with Crippen molar-refractivity contribution >= 4 is 40.8 Å². The molecule has 0 unspecified atom stereocenters. The first kappa shape index (κ1) is 21.8. The molecule has 2 rings (SSSR count). The zero-order valence-corrected chi connectivity index (χ0v) is 17.0. The van der Waals surface area contributed by atoms with E-state index in [0.29, 0.717) is 22.0 Å². The summed E-state index contributed by atoms with van der Waals surface area (Å²) in [4.78, 5) is 27.0. The number of aliphatic hydroxyl groups excluding tert-OH is 1. The van der Waals surface area contributed by atoms with Gasteiger partial charge in [-0.25, -0.2) is 4.79 Å². The Hall–Kier alpha value is -2.48. The molecule has 0 aromatic heterocycles. The maximum absolute atomic E-state index is 12.7. The highest BCUT2D eigenvalue weighted by molar-refractivity contribution is 6.38. The highest BCUT2D eigenvalue weighted by atomic mass is 35.5. The number of hydrogen-bond donors (Lipinski definition) is 2. The summed E-state index contributed by atoms with van der Waals surface area (Å²) in [6.45, 7) is -0.446. The van der Waals surface area contributed by atoms with Crippen LogP contribution in [0.3, 0.4) is 0 Å². The molecule has 3 amide bonds. The first-order valence-corrected chi connectivity index (χ1v) is 9.05. The van der Waals surface area contributed by atoms with Gasteiger partial charge >= 0.3 is 6.03 Å². The van der Waals surface area contributed by atoms with Gasteiger partial charge in [-0.2, -0.15) is 0 Å². The van der Waals surface area contributed by atoms with Crippen LogP contribution in [0.2, 0.25) is 10.0 Å². The Balaban J connectivity index is 2.16. The van der Waals surface area contributed by atoms with Crippen LogP contribution in [0.15, 0.2) is 36.4 Å². The molecule has 0 radical (unpaired) electrons. The molecular weight excluding hydrogens is 405 g/mol. The van der Waals surface area contributed by atoms with Gasteiger partial charge in [-0.1, -0.05) is 35.3 Å². The van der Waals surface area contributed by atoms with Crippen molar-refractivity contribution in [1.29, 1.82) is 0 Å². The molecule has 0 bridgehead atoms. The maximum atomic E-state index is 12.7. The summed E-state index contributed by atoms with van der Waals surface area (Å²) in [5, 5.41) is 9.89. The number of halogens is 2. The third-order valence-corrected chi connectivity index (χ3v) is 5.01. The second kappa shape index (κ2) is 9.64. The number of ether oxygens (including phenoxy) is 1. The SMILES string of the molecule is COc1ccc(CN(CC(=O)N(C)c2ccc(Cl)c(CO)c2Cl)C(N)=O)cc1. The van der Waals surface area contributed by atoms with Crippen molar-refractivity contribution in [2.24, 2.45) is 5.73 Å². The highest BCUT2D eigenvalue weighted by Gasteiger charge is 2.22. The lowest BCUT2D eigenvalue weighted by Crippen LogP contribution is -2.43. The summed E-state index contributed by atoms with van der Waals surface area (Å²) in [5.74, 6) is 0.280. The lowest BCUT2D eigenvalue weighted by molar-refractivity contribution is -0.119. The molecule has 7 nitrogen and oxygen atoms in total. The predicted octanol–water partition coefficient (Wildman–Crippen LogP) is 3.04. The van der Waals surface area contributed by atoms with Gasteiger partial charge in [-0.05, 0) is 29.8 Å². The lowest BCUT2D eigenvalue weighted by Gasteiger charge is -2.25.